The summed E-state index contributed by atoms with van der Waals surface area (Å²) in [5.74, 6) is 1.53. The lowest BCUT2D eigenvalue weighted by atomic mass is 9.95. The fourth-order valence-electron chi connectivity index (χ4n) is 3.50. The number of hydrogen-bond donors (Lipinski definition) is 3. The van der Waals surface area contributed by atoms with Crippen molar-refractivity contribution in [2.24, 2.45) is 4.99 Å². The number of amidine groups is 1. The second-order valence-corrected chi connectivity index (χ2v) is 8.41. The predicted molar refractivity (Wildman–Crippen MR) is 116 cm³/mol. The van der Waals surface area contributed by atoms with Crippen LogP contribution in [0, 0.1) is 0 Å². The van der Waals surface area contributed by atoms with Gasteiger partial charge >= 0.3 is 0 Å². The zero-order valence-electron chi connectivity index (χ0n) is 16.8. The average molecular weight is 431 g/mol. The molecule has 160 valence electrons. The van der Waals surface area contributed by atoms with Gasteiger partial charge in [-0.1, -0.05) is 42.1 Å². The van der Waals surface area contributed by atoms with Crippen LogP contribution in [0.25, 0.3) is 0 Å². The molecule has 2 aromatic carbocycles. The molecule has 0 unspecified atom stereocenters. The molecule has 2 aromatic rings. The molecule has 2 aliphatic rings. The Morgan fingerprint density at radius 1 is 1.07 bits per heavy atom. The molecule has 2 aliphatic heterocycles. The van der Waals surface area contributed by atoms with Gasteiger partial charge in [0.05, 0.1) is 12.7 Å². The molecular formula is C22H26N2O5S. The highest BCUT2D eigenvalue weighted by atomic mass is 32.2. The maximum absolute atomic E-state index is 10.5. The normalized spacial score (nSPS) is 29.1. The SMILES string of the molecule is CNC1=N[C@@H]2[C@@H](O)[C@H](O)[C@@H]([C@H](C)OCc3ccc(Oc4ccccc4)cc3)O[C@@H]2S1. The highest BCUT2D eigenvalue weighted by molar-refractivity contribution is 8.14. The molecular weight excluding hydrogens is 404 g/mol. The monoisotopic (exact) mass is 430 g/mol. The number of nitrogens with one attached hydrogen (secondary N) is 1. The number of aliphatic hydroxyl groups is 2. The molecule has 1 saturated heterocycles. The summed E-state index contributed by atoms with van der Waals surface area (Å²) in [4.78, 5) is 4.37. The van der Waals surface area contributed by atoms with Gasteiger partial charge in [0.25, 0.3) is 0 Å². The fraction of sp³-hybridized carbons (Fsp3) is 0.409. The van der Waals surface area contributed by atoms with E-state index in [-0.39, 0.29) is 5.44 Å². The summed E-state index contributed by atoms with van der Waals surface area (Å²) in [7, 11) is 1.77. The largest absolute Gasteiger partial charge is 0.457 e. The average Bonchev–Trinajstić information content (AvgIpc) is 3.20. The molecule has 6 atom stereocenters. The van der Waals surface area contributed by atoms with Crippen LogP contribution >= 0.6 is 11.8 Å². The van der Waals surface area contributed by atoms with Crippen molar-refractivity contribution in [3.63, 3.8) is 0 Å². The lowest BCUT2D eigenvalue weighted by Gasteiger charge is -2.40. The Bertz CT molecular complexity index is 864. The summed E-state index contributed by atoms with van der Waals surface area (Å²) in [6.45, 7) is 2.20. The molecule has 4 rings (SSSR count). The van der Waals surface area contributed by atoms with E-state index in [4.69, 9.17) is 14.2 Å². The summed E-state index contributed by atoms with van der Waals surface area (Å²) in [5.41, 5.74) is 0.637. The summed E-state index contributed by atoms with van der Waals surface area (Å²) in [5, 5.41) is 24.6. The number of aliphatic hydroxyl groups excluding tert-OH is 2. The molecule has 0 spiro atoms. The quantitative estimate of drug-likeness (QED) is 0.649. The number of hydrogen-bond acceptors (Lipinski definition) is 8. The van der Waals surface area contributed by atoms with Gasteiger partial charge in [-0.15, -0.1) is 0 Å². The lowest BCUT2D eigenvalue weighted by Crippen LogP contribution is -2.58. The highest BCUT2D eigenvalue weighted by Crippen LogP contribution is 2.37. The minimum Gasteiger partial charge on any atom is -0.457 e. The smallest absolute Gasteiger partial charge is 0.159 e. The first-order valence-electron chi connectivity index (χ1n) is 9.92. The van der Waals surface area contributed by atoms with Crippen LogP contribution in [0.4, 0.5) is 0 Å². The van der Waals surface area contributed by atoms with Crippen LogP contribution in [0.5, 0.6) is 11.5 Å². The Hall–Kier alpha value is -2.10. The molecule has 8 heteroatoms. The molecule has 3 N–H and O–H groups in total. The molecule has 0 aromatic heterocycles. The van der Waals surface area contributed by atoms with E-state index in [0.717, 1.165) is 17.1 Å². The van der Waals surface area contributed by atoms with Crippen molar-refractivity contribution in [2.45, 2.75) is 49.4 Å². The van der Waals surface area contributed by atoms with E-state index in [1.807, 2.05) is 61.5 Å². The number of aliphatic imine (C=N–C) groups is 1. The standard InChI is InChI=1S/C22H26N2O5S/c1-13(20-19(26)18(25)17-21(29-20)30-22(23-2)24-17)27-12-14-8-10-16(11-9-14)28-15-6-4-3-5-7-15/h3-11,13,17-21,25-26H,12H2,1-2H3,(H,23,24)/t13-,17+,18+,19-,20+,21+/m0/s1. The topological polar surface area (TPSA) is 92.5 Å². The minimum atomic E-state index is -1.07. The third-order valence-corrected chi connectivity index (χ3v) is 6.35. The first kappa shape index (κ1) is 21.1. The first-order chi connectivity index (χ1) is 14.5. The number of nitrogens with zero attached hydrogens (tertiary/aromatic N) is 1. The number of rotatable bonds is 6. The fourth-order valence-corrected chi connectivity index (χ4v) is 4.56. The van der Waals surface area contributed by atoms with Crippen molar-refractivity contribution in [3.8, 4) is 11.5 Å². The Morgan fingerprint density at radius 3 is 2.47 bits per heavy atom. The zero-order chi connectivity index (χ0) is 21.1. The van der Waals surface area contributed by atoms with Crippen LogP contribution in [-0.2, 0) is 16.1 Å². The predicted octanol–water partition coefficient (Wildman–Crippen LogP) is 2.52. The van der Waals surface area contributed by atoms with Gasteiger partial charge < -0.3 is 29.7 Å². The van der Waals surface area contributed by atoms with E-state index in [0.29, 0.717) is 11.8 Å². The molecule has 0 amide bonds. The molecule has 1 fully saturated rings. The van der Waals surface area contributed by atoms with Gasteiger partial charge in [-0.3, -0.25) is 4.99 Å². The maximum Gasteiger partial charge on any atom is 0.159 e. The summed E-state index contributed by atoms with van der Waals surface area (Å²) in [6.07, 6.45) is -3.10. The van der Waals surface area contributed by atoms with Crippen molar-refractivity contribution >= 4 is 16.9 Å². The zero-order valence-corrected chi connectivity index (χ0v) is 17.7. The van der Waals surface area contributed by atoms with E-state index in [1.54, 1.807) is 7.05 Å². The Balaban J connectivity index is 1.31. The van der Waals surface area contributed by atoms with Gasteiger partial charge in [-0.05, 0) is 36.8 Å². The second-order valence-electron chi connectivity index (χ2n) is 7.32. The molecule has 0 bridgehead atoms. The molecule has 2 heterocycles. The second kappa shape index (κ2) is 9.36. The number of benzene rings is 2. The molecule has 0 aliphatic carbocycles. The highest BCUT2D eigenvalue weighted by Gasteiger charge is 2.49. The Labute approximate surface area is 180 Å². The Morgan fingerprint density at radius 2 is 1.77 bits per heavy atom. The van der Waals surface area contributed by atoms with Crippen LogP contribution < -0.4 is 10.1 Å². The number of para-hydroxylation sites is 1. The van der Waals surface area contributed by atoms with Crippen LogP contribution in [0.1, 0.15) is 12.5 Å². The van der Waals surface area contributed by atoms with Crippen molar-refractivity contribution in [1.29, 1.82) is 0 Å². The van der Waals surface area contributed by atoms with Gasteiger partial charge in [-0.25, -0.2) is 0 Å². The molecule has 30 heavy (non-hydrogen) atoms. The van der Waals surface area contributed by atoms with E-state index >= 15 is 0 Å². The lowest BCUT2D eigenvalue weighted by molar-refractivity contribution is -0.193. The van der Waals surface area contributed by atoms with Crippen LogP contribution in [-0.4, -0.2) is 58.3 Å². The number of fused-ring (bicyclic) bond motifs is 1. The van der Waals surface area contributed by atoms with Crippen LogP contribution in [0.2, 0.25) is 0 Å². The first-order valence-corrected chi connectivity index (χ1v) is 10.8. The Kier molecular flexibility index (Phi) is 6.60. The van der Waals surface area contributed by atoms with Gasteiger partial charge in [0.1, 0.15) is 41.3 Å². The third kappa shape index (κ3) is 4.63. The van der Waals surface area contributed by atoms with Crippen molar-refractivity contribution in [3.05, 3.63) is 60.2 Å². The van der Waals surface area contributed by atoms with Crippen molar-refractivity contribution in [1.82, 2.24) is 5.32 Å². The summed E-state index contributed by atoms with van der Waals surface area (Å²) < 4.78 is 17.8. The summed E-state index contributed by atoms with van der Waals surface area (Å²) >= 11 is 1.41. The third-order valence-electron chi connectivity index (χ3n) is 5.19. The molecule has 0 radical (unpaired) electrons. The van der Waals surface area contributed by atoms with Gasteiger partial charge in [0.15, 0.2) is 5.17 Å². The van der Waals surface area contributed by atoms with Crippen molar-refractivity contribution in [2.75, 3.05) is 7.05 Å². The van der Waals surface area contributed by atoms with E-state index < -0.39 is 30.5 Å². The van der Waals surface area contributed by atoms with Gasteiger partial charge in [0.2, 0.25) is 0 Å². The maximum atomic E-state index is 10.5. The van der Waals surface area contributed by atoms with E-state index in [9.17, 15) is 10.2 Å². The van der Waals surface area contributed by atoms with Crippen LogP contribution in [0.15, 0.2) is 59.6 Å². The van der Waals surface area contributed by atoms with Gasteiger partial charge in [0, 0.05) is 7.05 Å². The number of thioether (sulfide) groups is 1. The van der Waals surface area contributed by atoms with Crippen molar-refractivity contribution < 1.29 is 24.4 Å². The van der Waals surface area contributed by atoms with Gasteiger partial charge in [-0.2, -0.15) is 0 Å². The molecule has 7 nitrogen and oxygen atoms in total. The van der Waals surface area contributed by atoms with E-state index in [1.165, 1.54) is 11.8 Å². The van der Waals surface area contributed by atoms with Crippen LogP contribution in [0.3, 0.4) is 0 Å². The summed E-state index contributed by atoms with van der Waals surface area (Å²) in [6, 6.07) is 16.8. The molecule has 0 saturated carbocycles. The van der Waals surface area contributed by atoms with E-state index in [2.05, 4.69) is 10.3 Å². The minimum absolute atomic E-state index is 0.337. The number of ether oxygens (including phenoxy) is 3.